The molecule has 0 bridgehead atoms. The summed E-state index contributed by atoms with van der Waals surface area (Å²) >= 11 is 0. The van der Waals surface area contributed by atoms with Crippen LogP contribution in [0.5, 0.6) is 5.75 Å². The smallest absolute Gasteiger partial charge is 0.219 e. The van der Waals surface area contributed by atoms with Crippen molar-refractivity contribution in [1.82, 2.24) is 14.4 Å². The normalized spacial score (nSPS) is 23.2. The van der Waals surface area contributed by atoms with Crippen molar-refractivity contribution in [3.63, 3.8) is 0 Å². The predicted octanol–water partition coefficient (Wildman–Crippen LogP) is 4.21. The van der Waals surface area contributed by atoms with Gasteiger partial charge in [-0.1, -0.05) is 6.42 Å². The maximum atomic E-state index is 12.2. The highest BCUT2D eigenvalue weighted by Crippen LogP contribution is 2.34. The van der Waals surface area contributed by atoms with Crippen LogP contribution in [-0.2, 0) is 11.3 Å². The molecule has 1 aromatic carbocycles. The molecule has 0 aliphatic carbocycles. The second-order valence-corrected chi connectivity index (χ2v) is 8.64. The highest BCUT2D eigenvalue weighted by Gasteiger charge is 2.39. The van der Waals surface area contributed by atoms with E-state index in [1.54, 1.807) is 14.0 Å². The van der Waals surface area contributed by atoms with E-state index < -0.39 is 0 Å². The Kier molecular flexibility index (Phi) is 5.37. The Balaban J connectivity index is 1.65. The first-order valence-corrected chi connectivity index (χ1v) is 10.7. The van der Waals surface area contributed by atoms with Gasteiger partial charge in [-0.25, -0.2) is 0 Å². The summed E-state index contributed by atoms with van der Waals surface area (Å²) in [5.41, 5.74) is 2.63. The highest BCUT2D eigenvalue weighted by atomic mass is 16.5. The summed E-state index contributed by atoms with van der Waals surface area (Å²) in [5.74, 6) is 1.15. The van der Waals surface area contributed by atoms with Gasteiger partial charge in [-0.3, -0.25) is 9.69 Å². The van der Waals surface area contributed by atoms with E-state index in [0.29, 0.717) is 18.1 Å². The van der Waals surface area contributed by atoms with Gasteiger partial charge in [0.05, 0.1) is 7.11 Å². The summed E-state index contributed by atoms with van der Waals surface area (Å²) in [5, 5.41) is 1.29. The van der Waals surface area contributed by atoms with Gasteiger partial charge in [-0.05, 0) is 56.9 Å². The molecular formula is C23H33N3O2. The van der Waals surface area contributed by atoms with E-state index in [2.05, 4.69) is 46.5 Å². The fourth-order valence-corrected chi connectivity index (χ4v) is 5.23. The quantitative estimate of drug-likeness (QED) is 0.794. The molecular weight excluding hydrogens is 350 g/mol. The number of hydrogen-bond acceptors (Lipinski definition) is 3. The molecule has 0 radical (unpaired) electrons. The maximum Gasteiger partial charge on any atom is 0.219 e. The Labute approximate surface area is 168 Å². The minimum Gasteiger partial charge on any atom is -0.497 e. The number of nitrogens with zero attached hydrogens (tertiary/aromatic N) is 3. The molecule has 1 amide bonds. The van der Waals surface area contributed by atoms with Gasteiger partial charge in [0.15, 0.2) is 0 Å². The third-order valence-electron chi connectivity index (χ3n) is 6.63. The Bertz CT molecular complexity index is 857. The summed E-state index contributed by atoms with van der Waals surface area (Å²) in [6.45, 7) is 9.13. The summed E-state index contributed by atoms with van der Waals surface area (Å²) in [6, 6.07) is 7.68. The number of rotatable bonds is 4. The van der Waals surface area contributed by atoms with Crippen LogP contribution in [0.4, 0.5) is 0 Å². The third-order valence-corrected chi connectivity index (χ3v) is 6.63. The van der Waals surface area contributed by atoms with E-state index in [0.717, 1.165) is 38.2 Å². The average molecular weight is 384 g/mol. The van der Waals surface area contributed by atoms with E-state index in [1.807, 2.05) is 6.07 Å². The molecule has 3 heterocycles. The molecule has 2 fully saturated rings. The Hall–Kier alpha value is -2.01. The summed E-state index contributed by atoms with van der Waals surface area (Å²) in [7, 11) is 1.73. The lowest BCUT2D eigenvalue weighted by atomic mass is 10.0. The van der Waals surface area contributed by atoms with Crippen molar-refractivity contribution in [3.05, 3.63) is 30.0 Å². The Morgan fingerprint density at radius 1 is 1.18 bits per heavy atom. The maximum absolute atomic E-state index is 12.2. The minimum atomic E-state index is 0.236. The van der Waals surface area contributed by atoms with E-state index >= 15 is 0 Å². The topological polar surface area (TPSA) is 37.7 Å². The number of hydrogen-bond donors (Lipinski definition) is 0. The van der Waals surface area contributed by atoms with Crippen LogP contribution in [0.2, 0.25) is 0 Å². The van der Waals surface area contributed by atoms with Crippen molar-refractivity contribution in [3.8, 4) is 5.75 Å². The zero-order chi connectivity index (χ0) is 19.8. The number of carbonyl (C=O) groups is 1. The van der Waals surface area contributed by atoms with Gasteiger partial charge in [0, 0.05) is 61.8 Å². The van der Waals surface area contributed by atoms with Gasteiger partial charge < -0.3 is 14.2 Å². The predicted molar refractivity (Wildman–Crippen MR) is 113 cm³/mol. The standard InChI is InChI=1S/C23H33N3O2/c1-16(2)26-15-18(20-13-19(28-4)8-9-21(20)26)14-24-12-10-23-22(24)7-5-6-11-25(23)17(3)27/h8-9,13,15-16,22-23H,5-7,10-12,14H2,1-4H3/t22-,23-/m1/s1. The van der Waals surface area contributed by atoms with Crippen LogP contribution >= 0.6 is 0 Å². The number of ether oxygens (including phenoxy) is 1. The Morgan fingerprint density at radius 2 is 2.00 bits per heavy atom. The van der Waals surface area contributed by atoms with E-state index in [1.165, 1.54) is 29.3 Å². The van der Waals surface area contributed by atoms with Crippen LogP contribution in [0.15, 0.2) is 24.4 Å². The van der Waals surface area contributed by atoms with E-state index in [9.17, 15) is 4.79 Å². The van der Waals surface area contributed by atoms with Crippen LogP contribution in [-0.4, -0.2) is 52.6 Å². The number of methoxy groups -OCH3 is 1. The number of carbonyl (C=O) groups excluding carboxylic acids is 1. The van der Waals surface area contributed by atoms with Crippen molar-refractivity contribution in [2.45, 2.75) is 71.1 Å². The average Bonchev–Trinajstić information content (AvgIpc) is 3.15. The van der Waals surface area contributed by atoms with Crippen LogP contribution in [0, 0.1) is 0 Å². The molecule has 4 rings (SSSR count). The number of benzene rings is 1. The molecule has 28 heavy (non-hydrogen) atoms. The van der Waals surface area contributed by atoms with Gasteiger partial charge in [-0.2, -0.15) is 0 Å². The van der Waals surface area contributed by atoms with Crippen molar-refractivity contribution in [2.75, 3.05) is 20.2 Å². The molecule has 0 N–H and O–H groups in total. The van der Waals surface area contributed by atoms with Gasteiger partial charge >= 0.3 is 0 Å². The molecule has 5 nitrogen and oxygen atoms in total. The molecule has 2 aliphatic heterocycles. The molecule has 0 unspecified atom stereocenters. The molecule has 152 valence electrons. The second-order valence-electron chi connectivity index (χ2n) is 8.64. The van der Waals surface area contributed by atoms with Gasteiger partial charge in [0.25, 0.3) is 0 Å². The summed E-state index contributed by atoms with van der Waals surface area (Å²) in [4.78, 5) is 16.9. The molecule has 2 atom stereocenters. The Morgan fingerprint density at radius 3 is 2.71 bits per heavy atom. The first kappa shape index (κ1) is 19.3. The van der Waals surface area contributed by atoms with Crippen molar-refractivity contribution in [1.29, 1.82) is 0 Å². The fourth-order valence-electron chi connectivity index (χ4n) is 5.23. The van der Waals surface area contributed by atoms with Crippen molar-refractivity contribution >= 4 is 16.8 Å². The van der Waals surface area contributed by atoms with E-state index in [-0.39, 0.29) is 5.91 Å². The van der Waals surface area contributed by atoms with Gasteiger partial charge in [0.2, 0.25) is 5.91 Å². The fraction of sp³-hybridized carbons (Fsp3) is 0.609. The third kappa shape index (κ3) is 3.41. The lowest BCUT2D eigenvalue weighted by molar-refractivity contribution is -0.131. The zero-order valence-corrected chi connectivity index (χ0v) is 17.6. The van der Waals surface area contributed by atoms with Crippen LogP contribution in [0.25, 0.3) is 10.9 Å². The first-order valence-electron chi connectivity index (χ1n) is 10.7. The molecule has 1 aromatic heterocycles. The minimum absolute atomic E-state index is 0.236. The monoisotopic (exact) mass is 383 g/mol. The molecule has 0 spiro atoms. The molecule has 2 aliphatic rings. The largest absolute Gasteiger partial charge is 0.497 e. The summed E-state index contributed by atoms with van der Waals surface area (Å²) < 4.78 is 7.86. The van der Waals surface area contributed by atoms with Gasteiger partial charge in [0.1, 0.15) is 5.75 Å². The SMILES string of the molecule is COc1ccc2c(c1)c(CN1CC[C@@H]3[C@H]1CCCCN3C(C)=O)cn2C(C)C. The van der Waals surface area contributed by atoms with E-state index in [4.69, 9.17) is 4.74 Å². The highest BCUT2D eigenvalue weighted by molar-refractivity contribution is 5.85. The first-order chi connectivity index (χ1) is 13.5. The van der Waals surface area contributed by atoms with Crippen LogP contribution < -0.4 is 4.74 Å². The van der Waals surface area contributed by atoms with Gasteiger partial charge in [-0.15, -0.1) is 0 Å². The van der Waals surface area contributed by atoms with Crippen LogP contribution in [0.1, 0.15) is 58.1 Å². The van der Waals surface area contributed by atoms with Crippen molar-refractivity contribution in [2.24, 2.45) is 0 Å². The molecule has 0 saturated carbocycles. The van der Waals surface area contributed by atoms with Crippen molar-refractivity contribution < 1.29 is 9.53 Å². The lowest BCUT2D eigenvalue weighted by Crippen LogP contribution is -2.45. The van der Waals surface area contributed by atoms with Crippen LogP contribution in [0.3, 0.4) is 0 Å². The summed E-state index contributed by atoms with van der Waals surface area (Å²) in [6.07, 6.45) is 6.95. The molecule has 5 heteroatoms. The molecule has 2 saturated heterocycles. The second kappa shape index (κ2) is 7.78. The lowest BCUT2D eigenvalue weighted by Gasteiger charge is -2.32. The number of fused-ring (bicyclic) bond motifs is 2. The zero-order valence-electron chi connectivity index (χ0n) is 17.6. The molecule has 2 aromatic rings. The number of aromatic nitrogens is 1. The number of likely N-dealkylation sites (tertiary alicyclic amines) is 2. The number of amides is 1.